The maximum atomic E-state index is 4.85. The summed E-state index contributed by atoms with van der Waals surface area (Å²) in [5.41, 5.74) is 2.42. The Kier molecular flexibility index (Phi) is 9.07. The highest BCUT2D eigenvalue weighted by molar-refractivity contribution is 14.0. The molecule has 1 saturated heterocycles. The summed E-state index contributed by atoms with van der Waals surface area (Å²) in [7, 11) is 4.14. The maximum absolute atomic E-state index is 4.85. The Hall–Kier alpha value is -1.29. The fourth-order valence-electron chi connectivity index (χ4n) is 3.36. The fraction of sp³-hybridized carbons (Fsp3) is 0.500. The summed E-state index contributed by atoms with van der Waals surface area (Å²) in [5.74, 6) is 1.99. The van der Waals surface area contributed by atoms with E-state index in [4.69, 9.17) is 4.99 Å². The fourth-order valence-corrected chi connectivity index (χ4v) is 3.93. The number of aliphatic imine (C=N–C) groups is 1. The second kappa shape index (κ2) is 11.0. The van der Waals surface area contributed by atoms with Gasteiger partial charge >= 0.3 is 0 Å². The first kappa shape index (κ1) is 23.0. The molecule has 154 valence electrons. The van der Waals surface area contributed by atoms with E-state index in [1.165, 1.54) is 24.1 Å². The maximum Gasteiger partial charge on any atom is 0.194 e. The van der Waals surface area contributed by atoms with Gasteiger partial charge in [0.05, 0.1) is 13.1 Å². The van der Waals surface area contributed by atoms with E-state index in [0.717, 1.165) is 42.4 Å². The average Bonchev–Trinajstić information content (AvgIpc) is 3.29. The van der Waals surface area contributed by atoms with Crippen molar-refractivity contribution < 1.29 is 0 Å². The second-order valence-corrected chi connectivity index (χ2v) is 7.92. The normalized spacial score (nSPS) is 14.1. The number of halogens is 2. The lowest BCUT2D eigenvalue weighted by Gasteiger charge is -2.22. The number of aryl methyl sites for hydroxylation is 1. The van der Waals surface area contributed by atoms with Gasteiger partial charge in [0.25, 0.3) is 0 Å². The smallest absolute Gasteiger partial charge is 0.194 e. The van der Waals surface area contributed by atoms with Gasteiger partial charge in [-0.3, -0.25) is 0 Å². The monoisotopic (exact) mass is 560 g/mol. The molecule has 2 aromatic heterocycles. The van der Waals surface area contributed by atoms with Gasteiger partial charge in [0.1, 0.15) is 5.82 Å². The molecule has 2 aromatic rings. The number of aromatic nitrogens is 2. The van der Waals surface area contributed by atoms with Gasteiger partial charge in [-0.05, 0) is 59.5 Å². The van der Waals surface area contributed by atoms with E-state index >= 15 is 0 Å². The Morgan fingerprint density at radius 3 is 2.71 bits per heavy atom. The van der Waals surface area contributed by atoms with Crippen LogP contribution in [0.3, 0.4) is 0 Å². The van der Waals surface area contributed by atoms with Crippen LogP contribution in [-0.2, 0) is 20.1 Å². The molecule has 1 N–H and O–H groups in total. The van der Waals surface area contributed by atoms with Gasteiger partial charge in [-0.25, -0.2) is 9.98 Å². The minimum absolute atomic E-state index is 0. The van der Waals surface area contributed by atoms with E-state index in [9.17, 15) is 0 Å². The molecule has 0 bridgehead atoms. The summed E-state index contributed by atoms with van der Waals surface area (Å²) < 4.78 is 3.23. The lowest BCUT2D eigenvalue weighted by Crippen LogP contribution is -2.38. The largest absolute Gasteiger partial charge is 0.357 e. The van der Waals surface area contributed by atoms with E-state index in [1.807, 2.05) is 6.20 Å². The summed E-state index contributed by atoms with van der Waals surface area (Å²) in [5, 5.41) is 3.40. The van der Waals surface area contributed by atoms with Crippen molar-refractivity contribution in [1.29, 1.82) is 0 Å². The molecule has 3 rings (SSSR count). The Bertz CT molecular complexity index is 785. The molecule has 0 spiro atoms. The van der Waals surface area contributed by atoms with Crippen LogP contribution in [0.2, 0.25) is 0 Å². The lowest BCUT2D eigenvalue weighted by molar-refractivity contribution is 0.462. The molecule has 0 saturated carbocycles. The molecular formula is C20H30BrIN6. The summed E-state index contributed by atoms with van der Waals surface area (Å²) in [4.78, 5) is 13.9. The van der Waals surface area contributed by atoms with Gasteiger partial charge in [0.2, 0.25) is 0 Å². The molecule has 1 fully saturated rings. The Balaban J connectivity index is 0.00000280. The van der Waals surface area contributed by atoms with Crippen LogP contribution in [0.5, 0.6) is 0 Å². The average molecular weight is 561 g/mol. The third-order valence-electron chi connectivity index (χ3n) is 4.82. The molecule has 0 atom stereocenters. The van der Waals surface area contributed by atoms with Crippen molar-refractivity contribution in [2.75, 3.05) is 31.6 Å². The topological polar surface area (TPSA) is 48.7 Å². The number of anilines is 1. The quantitative estimate of drug-likeness (QED) is 0.330. The van der Waals surface area contributed by atoms with E-state index in [-0.39, 0.29) is 24.0 Å². The van der Waals surface area contributed by atoms with Gasteiger partial charge in [-0.15, -0.1) is 24.0 Å². The molecule has 0 aliphatic carbocycles. The molecule has 0 amide bonds. The summed E-state index contributed by atoms with van der Waals surface area (Å²) in [6.07, 6.45) is 6.49. The molecule has 8 heteroatoms. The molecule has 28 heavy (non-hydrogen) atoms. The summed E-state index contributed by atoms with van der Waals surface area (Å²) >= 11 is 3.54. The van der Waals surface area contributed by atoms with Crippen molar-refractivity contribution in [2.24, 2.45) is 12.0 Å². The first-order valence-electron chi connectivity index (χ1n) is 9.57. The van der Waals surface area contributed by atoms with Crippen molar-refractivity contribution in [3.63, 3.8) is 0 Å². The SMILES string of the molecule is CCNC(=NCc1ccnc(N2CCCC2)c1)N(C)Cc1cc(Br)cn1C.I. The van der Waals surface area contributed by atoms with Crippen molar-refractivity contribution in [2.45, 2.75) is 32.9 Å². The van der Waals surface area contributed by atoms with Gasteiger partial charge in [0.15, 0.2) is 5.96 Å². The standard InChI is InChI=1S/C20H29BrN6.HI/c1-4-22-20(26(3)15-18-12-17(21)14-25(18)2)24-13-16-7-8-23-19(11-16)27-9-5-6-10-27;/h7-8,11-12,14H,4-6,9-10,13,15H2,1-3H3,(H,22,24);1H. The Morgan fingerprint density at radius 2 is 2.07 bits per heavy atom. The third kappa shape index (κ3) is 6.10. The van der Waals surface area contributed by atoms with E-state index in [1.54, 1.807) is 0 Å². The lowest BCUT2D eigenvalue weighted by atomic mass is 10.2. The molecule has 1 aliphatic rings. The van der Waals surface area contributed by atoms with Gasteiger partial charge in [-0.2, -0.15) is 0 Å². The highest BCUT2D eigenvalue weighted by Gasteiger charge is 2.14. The van der Waals surface area contributed by atoms with Crippen molar-refractivity contribution in [1.82, 2.24) is 19.8 Å². The van der Waals surface area contributed by atoms with Gasteiger partial charge < -0.3 is 19.7 Å². The molecule has 6 nitrogen and oxygen atoms in total. The molecule has 3 heterocycles. The first-order chi connectivity index (χ1) is 13.1. The van der Waals surface area contributed by atoms with Crippen LogP contribution in [0, 0.1) is 0 Å². The molecular weight excluding hydrogens is 531 g/mol. The number of hydrogen-bond donors (Lipinski definition) is 1. The predicted molar refractivity (Wildman–Crippen MR) is 130 cm³/mol. The van der Waals surface area contributed by atoms with Crippen LogP contribution in [0.1, 0.15) is 31.0 Å². The summed E-state index contributed by atoms with van der Waals surface area (Å²) in [6, 6.07) is 6.37. The van der Waals surface area contributed by atoms with Gasteiger partial charge in [0, 0.05) is 56.3 Å². The minimum atomic E-state index is 0. The zero-order valence-electron chi connectivity index (χ0n) is 16.9. The number of nitrogens with zero attached hydrogens (tertiary/aromatic N) is 5. The second-order valence-electron chi connectivity index (χ2n) is 7.00. The van der Waals surface area contributed by atoms with Crippen molar-refractivity contribution in [3.8, 4) is 0 Å². The third-order valence-corrected chi connectivity index (χ3v) is 5.26. The number of rotatable bonds is 6. The van der Waals surface area contributed by atoms with E-state index in [2.05, 4.69) is 86.0 Å². The summed E-state index contributed by atoms with van der Waals surface area (Å²) in [6.45, 7) is 6.60. The molecule has 0 unspecified atom stereocenters. The number of hydrogen-bond acceptors (Lipinski definition) is 3. The molecule has 0 radical (unpaired) electrons. The number of nitrogens with one attached hydrogen (secondary N) is 1. The Labute approximate surface area is 193 Å². The van der Waals surface area contributed by atoms with Crippen molar-refractivity contribution in [3.05, 3.63) is 46.3 Å². The van der Waals surface area contributed by atoms with E-state index in [0.29, 0.717) is 6.54 Å². The van der Waals surface area contributed by atoms with Crippen molar-refractivity contribution >= 4 is 51.7 Å². The van der Waals surface area contributed by atoms with Crippen LogP contribution >= 0.6 is 39.9 Å². The van der Waals surface area contributed by atoms with Crippen LogP contribution in [0.25, 0.3) is 0 Å². The first-order valence-corrected chi connectivity index (χ1v) is 10.4. The predicted octanol–water partition coefficient (Wildman–Crippen LogP) is 4.00. The molecule has 1 aliphatic heterocycles. The zero-order chi connectivity index (χ0) is 19.2. The number of pyridine rings is 1. The zero-order valence-corrected chi connectivity index (χ0v) is 20.8. The van der Waals surface area contributed by atoms with Gasteiger partial charge in [-0.1, -0.05) is 0 Å². The van der Waals surface area contributed by atoms with Crippen LogP contribution < -0.4 is 10.2 Å². The van der Waals surface area contributed by atoms with E-state index < -0.39 is 0 Å². The highest BCUT2D eigenvalue weighted by Crippen LogP contribution is 2.19. The van der Waals surface area contributed by atoms with Crippen LogP contribution in [0.15, 0.2) is 40.1 Å². The van der Waals surface area contributed by atoms with Crippen LogP contribution in [-0.4, -0.2) is 47.1 Å². The Morgan fingerprint density at radius 1 is 1.32 bits per heavy atom. The number of guanidine groups is 1. The minimum Gasteiger partial charge on any atom is -0.357 e. The van der Waals surface area contributed by atoms with Crippen LogP contribution in [0.4, 0.5) is 5.82 Å². The highest BCUT2D eigenvalue weighted by atomic mass is 127. The molecule has 0 aromatic carbocycles.